The van der Waals surface area contributed by atoms with Crippen LogP contribution in [-0.2, 0) is 11.2 Å². The largest absolute Gasteiger partial charge is 0.495 e. The molecule has 3 aromatic rings. The van der Waals surface area contributed by atoms with Gasteiger partial charge >= 0.3 is 0 Å². The minimum Gasteiger partial charge on any atom is -0.495 e. The molecule has 3 aromatic carbocycles. The molecule has 0 bridgehead atoms. The summed E-state index contributed by atoms with van der Waals surface area (Å²) in [6, 6.07) is 15.0. The van der Waals surface area contributed by atoms with Gasteiger partial charge in [0.05, 0.1) is 19.9 Å². The maximum Gasteiger partial charge on any atom is 0.262 e. The summed E-state index contributed by atoms with van der Waals surface area (Å²) < 4.78 is 43.4. The molecular weight excluding hydrogens is 446 g/mol. The van der Waals surface area contributed by atoms with Crippen LogP contribution in [0.5, 0.6) is 17.2 Å². The molecule has 0 aliphatic rings. The van der Waals surface area contributed by atoms with Gasteiger partial charge in [0, 0.05) is 17.7 Å². The van der Waals surface area contributed by atoms with Crippen molar-refractivity contribution < 1.29 is 32.6 Å². The number of hydrogen-bond donors (Lipinski definition) is 2. The van der Waals surface area contributed by atoms with Gasteiger partial charge in [-0.25, -0.2) is 8.78 Å². The molecule has 0 fully saturated rings. The Morgan fingerprint density at radius 3 is 2.26 bits per heavy atom. The fourth-order valence-corrected chi connectivity index (χ4v) is 3.18. The number of benzene rings is 3. The van der Waals surface area contributed by atoms with Gasteiger partial charge in [-0.1, -0.05) is 18.2 Å². The van der Waals surface area contributed by atoms with E-state index in [1.807, 2.05) is 0 Å². The molecule has 7 nitrogen and oxygen atoms in total. The average Bonchev–Trinajstić information content (AvgIpc) is 2.84. The highest BCUT2D eigenvalue weighted by Crippen LogP contribution is 2.28. The van der Waals surface area contributed by atoms with Crippen LogP contribution in [0.25, 0.3) is 0 Å². The number of anilines is 1. The van der Waals surface area contributed by atoms with E-state index in [0.29, 0.717) is 11.4 Å². The van der Waals surface area contributed by atoms with Crippen molar-refractivity contribution in [1.29, 1.82) is 0 Å². The Kier molecular flexibility index (Phi) is 8.39. The van der Waals surface area contributed by atoms with Gasteiger partial charge < -0.3 is 24.8 Å². The van der Waals surface area contributed by atoms with Crippen LogP contribution in [0.4, 0.5) is 14.5 Å². The molecule has 0 heterocycles. The van der Waals surface area contributed by atoms with Crippen LogP contribution in [0.3, 0.4) is 0 Å². The van der Waals surface area contributed by atoms with E-state index in [4.69, 9.17) is 14.2 Å². The number of para-hydroxylation sites is 2. The number of carbonyl (C=O) groups excluding carboxylic acids is 2. The molecule has 2 N–H and O–H groups in total. The number of carbonyl (C=O) groups is 2. The fourth-order valence-electron chi connectivity index (χ4n) is 3.18. The Balaban J connectivity index is 1.57. The van der Waals surface area contributed by atoms with Crippen molar-refractivity contribution in [3.63, 3.8) is 0 Å². The average molecular weight is 470 g/mol. The summed E-state index contributed by atoms with van der Waals surface area (Å²) in [7, 11) is 2.90. The second kappa shape index (κ2) is 11.6. The van der Waals surface area contributed by atoms with Gasteiger partial charge in [0.25, 0.3) is 11.8 Å². The lowest BCUT2D eigenvalue weighted by molar-refractivity contribution is -0.118. The van der Waals surface area contributed by atoms with Gasteiger partial charge in [0.15, 0.2) is 18.1 Å². The van der Waals surface area contributed by atoms with E-state index in [1.165, 1.54) is 50.6 Å². The maximum absolute atomic E-state index is 13.7. The van der Waals surface area contributed by atoms with E-state index >= 15 is 0 Å². The molecule has 0 aliphatic heterocycles. The van der Waals surface area contributed by atoms with Crippen molar-refractivity contribution >= 4 is 17.5 Å². The zero-order chi connectivity index (χ0) is 24.5. The summed E-state index contributed by atoms with van der Waals surface area (Å²) in [5.41, 5.74) is 0.681. The van der Waals surface area contributed by atoms with Crippen molar-refractivity contribution in [2.24, 2.45) is 0 Å². The standard InChI is InChI=1S/C25H24F2N2O5/c1-32-21-9-4-3-8-20(21)29-24(30)15-34-22-11-10-16(14-23(22)33-2)25(31)28-13-12-17-18(26)6-5-7-19(17)27/h3-11,14H,12-13,15H2,1-2H3,(H,28,31)(H,29,30). The molecule has 0 radical (unpaired) electrons. The van der Waals surface area contributed by atoms with Gasteiger partial charge in [-0.2, -0.15) is 0 Å². The summed E-state index contributed by atoms with van der Waals surface area (Å²) >= 11 is 0. The van der Waals surface area contributed by atoms with Gasteiger partial charge in [-0.05, 0) is 48.9 Å². The number of rotatable bonds is 10. The van der Waals surface area contributed by atoms with E-state index in [0.717, 1.165) is 0 Å². The Morgan fingerprint density at radius 2 is 1.56 bits per heavy atom. The zero-order valence-electron chi connectivity index (χ0n) is 18.7. The van der Waals surface area contributed by atoms with Gasteiger partial charge in [-0.3, -0.25) is 9.59 Å². The van der Waals surface area contributed by atoms with Crippen LogP contribution in [0.2, 0.25) is 0 Å². The molecule has 0 atom stereocenters. The highest BCUT2D eigenvalue weighted by Gasteiger charge is 2.14. The van der Waals surface area contributed by atoms with Crippen LogP contribution in [0.15, 0.2) is 60.7 Å². The normalized spacial score (nSPS) is 10.4. The van der Waals surface area contributed by atoms with Gasteiger partial charge in [0.1, 0.15) is 17.4 Å². The van der Waals surface area contributed by atoms with E-state index in [1.54, 1.807) is 24.3 Å². The zero-order valence-corrected chi connectivity index (χ0v) is 18.7. The van der Waals surface area contributed by atoms with Crippen molar-refractivity contribution in [2.75, 3.05) is 32.7 Å². The summed E-state index contributed by atoms with van der Waals surface area (Å²) in [5, 5.41) is 5.31. The summed E-state index contributed by atoms with van der Waals surface area (Å²) in [4.78, 5) is 24.7. The van der Waals surface area contributed by atoms with Crippen LogP contribution in [0, 0.1) is 11.6 Å². The lowest BCUT2D eigenvalue weighted by Crippen LogP contribution is -2.26. The Bertz CT molecular complexity index is 1150. The summed E-state index contributed by atoms with van der Waals surface area (Å²) in [5.74, 6) is -1.15. The molecule has 0 spiro atoms. The Morgan fingerprint density at radius 1 is 0.853 bits per heavy atom. The molecule has 2 amide bonds. The molecule has 0 saturated carbocycles. The first kappa shape index (κ1) is 24.5. The second-order valence-corrected chi connectivity index (χ2v) is 7.11. The number of ether oxygens (including phenoxy) is 3. The predicted octanol–water partition coefficient (Wildman–Crippen LogP) is 3.97. The van der Waals surface area contributed by atoms with Crippen LogP contribution < -0.4 is 24.8 Å². The molecule has 0 aliphatic carbocycles. The smallest absolute Gasteiger partial charge is 0.262 e. The van der Waals surface area contributed by atoms with Crippen LogP contribution in [-0.4, -0.2) is 39.2 Å². The molecule has 0 saturated heterocycles. The van der Waals surface area contributed by atoms with E-state index in [9.17, 15) is 18.4 Å². The maximum atomic E-state index is 13.7. The molecule has 0 aromatic heterocycles. The second-order valence-electron chi connectivity index (χ2n) is 7.11. The first-order valence-electron chi connectivity index (χ1n) is 10.4. The molecule has 178 valence electrons. The van der Waals surface area contributed by atoms with Crippen LogP contribution in [0.1, 0.15) is 15.9 Å². The summed E-state index contributed by atoms with van der Waals surface area (Å²) in [6.07, 6.45) is 0.00386. The van der Waals surface area contributed by atoms with Gasteiger partial charge in [-0.15, -0.1) is 0 Å². The summed E-state index contributed by atoms with van der Waals surface area (Å²) in [6.45, 7) is -0.255. The minimum absolute atomic E-state index is 0.00386. The first-order chi connectivity index (χ1) is 16.4. The van der Waals surface area contributed by atoms with Crippen molar-refractivity contribution in [1.82, 2.24) is 5.32 Å². The van der Waals surface area contributed by atoms with E-state index in [2.05, 4.69) is 10.6 Å². The number of amides is 2. The third-order valence-corrected chi connectivity index (χ3v) is 4.89. The highest BCUT2D eigenvalue weighted by molar-refractivity contribution is 5.95. The number of methoxy groups -OCH3 is 2. The third kappa shape index (κ3) is 6.22. The quantitative estimate of drug-likeness (QED) is 0.468. The van der Waals surface area contributed by atoms with Gasteiger partial charge in [0.2, 0.25) is 0 Å². The molecular formula is C25H24F2N2O5. The predicted molar refractivity (Wildman–Crippen MR) is 123 cm³/mol. The Labute approximate surface area is 195 Å². The topological polar surface area (TPSA) is 85.9 Å². The molecule has 3 rings (SSSR count). The third-order valence-electron chi connectivity index (χ3n) is 4.89. The minimum atomic E-state index is -0.660. The van der Waals surface area contributed by atoms with Crippen molar-refractivity contribution in [2.45, 2.75) is 6.42 Å². The molecule has 0 unspecified atom stereocenters. The molecule has 34 heavy (non-hydrogen) atoms. The van der Waals surface area contributed by atoms with Crippen molar-refractivity contribution in [3.8, 4) is 17.2 Å². The lowest BCUT2D eigenvalue weighted by atomic mass is 10.1. The fraction of sp³-hybridized carbons (Fsp3) is 0.200. The van der Waals surface area contributed by atoms with E-state index < -0.39 is 23.4 Å². The first-order valence-corrected chi connectivity index (χ1v) is 10.4. The number of hydrogen-bond acceptors (Lipinski definition) is 5. The number of halogens is 2. The van der Waals surface area contributed by atoms with Crippen molar-refractivity contribution in [3.05, 3.63) is 83.4 Å². The molecule has 9 heteroatoms. The number of nitrogens with one attached hydrogen (secondary N) is 2. The highest BCUT2D eigenvalue weighted by atomic mass is 19.1. The monoisotopic (exact) mass is 470 g/mol. The SMILES string of the molecule is COc1ccccc1NC(=O)COc1ccc(C(=O)NCCc2c(F)cccc2F)cc1OC. The van der Waals surface area contributed by atoms with Crippen LogP contribution >= 0.6 is 0 Å². The lowest BCUT2D eigenvalue weighted by Gasteiger charge is -2.13. The Hall–Kier alpha value is -4.14. The van der Waals surface area contributed by atoms with E-state index in [-0.39, 0.29) is 42.2 Å².